The Bertz CT molecular complexity index is 531. The van der Waals surface area contributed by atoms with Crippen LogP contribution in [0.2, 0.25) is 0 Å². The molecule has 0 heterocycles. The van der Waals surface area contributed by atoms with Gasteiger partial charge in [0.25, 0.3) is 0 Å². The smallest absolute Gasteiger partial charge is 0.421 e. The third-order valence-electron chi connectivity index (χ3n) is 2.44. The molecule has 24 heavy (non-hydrogen) atoms. The Labute approximate surface area is 137 Å². The maximum absolute atomic E-state index is 11.4. The van der Waals surface area contributed by atoms with Gasteiger partial charge in [-0.15, -0.1) is 0 Å². The highest BCUT2D eigenvalue weighted by molar-refractivity contribution is 8.13. The first-order chi connectivity index (χ1) is 10.3. The molecule has 0 aliphatic rings. The van der Waals surface area contributed by atoms with E-state index in [-0.39, 0.29) is 0 Å². The first-order valence-corrected chi connectivity index (χ1v) is 9.40. The van der Waals surface area contributed by atoms with Gasteiger partial charge in [-0.05, 0) is 12.8 Å². The summed E-state index contributed by atoms with van der Waals surface area (Å²) in [5.74, 6) is 0. The van der Waals surface area contributed by atoms with Crippen LogP contribution in [0, 0.1) is 0 Å². The van der Waals surface area contributed by atoms with Gasteiger partial charge in [-0.25, -0.2) is 16.8 Å². The molecule has 0 radical (unpaired) electrons. The maximum atomic E-state index is 11.4. The number of rotatable bonds is 6. The van der Waals surface area contributed by atoms with Crippen LogP contribution in [-0.2, 0) is 20.0 Å². The van der Waals surface area contributed by atoms with Crippen molar-refractivity contribution in [1.29, 1.82) is 0 Å². The molecule has 0 aromatic rings. The van der Waals surface area contributed by atoms with Crippen LogP contribution in [0.4, 0.5) is 26.3 Å². The van der Waals surface area contributed by atoms with Crippen molar-refractivity contribution in [3.05, 3.63) is 4.13 Å². The SMILES string of the molecule is CCC[N+](C)(C)CCC.O=S(=O)([N-]S(=O)(=O)C(F)(F)F)C(F)(F)F. The van der Waals surface area contributed by atoms with Gasteiger partial charge in [-0.1, -0.05) is 13.8 Å². The van der Waals surface area contributed by atoms with Crippen LogP contribution >= 0.6 is 0 Å². The highest BCUT2D eigenvalue weighted by atomic mass is 32.3. The zero-order valence-corrected chi connectivity index (χ0v) is 15.1. The summed E-state index contributed by atoms with van der Waals surface area (Å²) in [5, 5.41) is 0. The molecule has 0 fully saturated rings. The van der Waals surface area contributed by atoms with Gasteiger partial charge in [-0.3, -0.25) is 0 Å². The van der Waals surface area contributed by atoms with E-state index >= 15 is 0 Å². The number of alkyl halides is 6. The largest absolute Gasteiger partial charge is 0.480 e. The summed E-state index contributed by atoms with van der Waals surface area (Å²) in [6.45, 7) is 7.12. The molecule has 0 aliphatic carbocycles. The molecule has 0 spiro atoms. The second-order valence-corrected chi connectivity index (χ2v) is 8.72. The first-order valence-electron chi connectivity index (χ1n) is 6.52. The predicted octanol–water partition coefficient (Wildman–Crippen LogP) is 2.94. The fourth-order valence-electron chi connectivity index (χ4n) is 1.54. The minimum Gasteiger partial charge on any atom is -0.421 e. The molecule has 0 amide bonds. The van der Waals surface area contributed by atoms with Crippen molar-refractivity contribution in [3.8, 4) is 0 Å². The van der Waals surface area contributed by atoms with E-state index in [4.69, 9.17) is 0 Å². The van der Waals surface area contributed by atoms with Gasteiger partial charge in [0, 0.05) is 0 Å². The van der Waals surface area contributed by atoms with Crippen LogP contribution in [-0.4, -0.2) is 59.5 Å². The molecule has 0 aliphatic heterocycles. The fourth-order valence-corrected chi connectivity index (χ4v) is 3.25. The molecular formula is C10H20F6N2O4S2. The van der Waals surface area contributed by atoms with Gasteiger partial charge in [0.2, 0.25) is 0 Å². The molecule has 0 rings (SSSR count). The van der Waals surface area contributed by atoms with E-state index < -0.39 is 31.1 Å². The lowest BCUT2D eigenvalue weighted by Crippen LogP contribution is -2.40. The predicted molar refractivity (Wildman–Crippen MR) is 75.7 cm³/mol. The molecule has 14 heteroatoms. The van der Waals surface area contributed by atoms with Crippen molar-refractivity contribution >= 4 is 20.0 Å². The van der Waals surface area contributed by atoms with Crippen LogP contribution in [0.3, 0.4) is 0 Å². The Morgan fingerprint density at radius 1 is 0.750 bits per heavy atom. The molecule has 0 atom stereocenters. The third-order valence-corrected chi connectivity index (χ3v) is 5.18. The highest BCUT2D eigenvalue weighted by Gasteiger charge is 2.46. The van der Waals surface area contributed by atoms with Crippen molar-refractivity contribution in [3.63, 3.8) is 0 Å². The quantitative estimate of drug-likeness (QED) is 0.498. The lowest BCUT2D eigenvalue weighted by Gasteiger charge is -2.28. The molecule has 0 bridgehead atoms. The van der Waals surface area contributed by atoms with Crippen LogP contribution in [0.1, 0.15) is 26.7 Å². The minimum atomic E-state index is -6.72. The number of sulfonamides is 2. The lowest BCUT2D eigenvalue weighted by atomic mass is 10.3. The number of halogens is 6. The second kappa shape index (κ2) is 8.67. The molecule has 0 N–H and O–H groups in total. The van der Waals surface area contributed by atoms with Crippen molar-refractivity contribution < 1.29 is 47.7 Å². The summed E-state index contributed by atoms with van der Waals surface area (Å²) >= 11 is 0. The topological polar surface area (TPSA) is 82.4 Å². The molecule has 0 aromatic carbocycles. The fraction of sp³-hybridized carbons (Fsp3) is 1.00. The lowest BCUT2D eigenvalue weighted by molar-refractivity contribution is -0.890. The maximum Gasteiger partial charge on any atom is 0.480 e. The normalized spacial score (nSPS) is 14.1. The Kier molecular flexibility index (Phi) is 9.26. The van der Waals surface area contributed by atoms with E-state index in [1.807, 2.05) is 0 Å². The Morgan fingerprint density at radius 3 is 1.17 bits per heavy atom. The molecule has 0 saturated heterocycles. The molecule has 6 nitrogen and oxygen atoms in total. The number of nitrogens with zero attached hydrogens (tertiary/aromatic N) is 2. The van der Waals surface area contributed by atoms with Crippen molar-refractivity contribution in [2.24, 2.45) is 0 Å². The van der Waals surface area contributed by atoms with Crippen LogP contribution < -0.4 is 0 Å². The van der Waals surface area contributed by atoms with Crippen molar-refractivity contribution in [2.45, 2.75) is 37.7 Å². The summed E-state index contributed by atoms with van der Waals surface area (Å²) < 4.78 is 110. The monoisotopic (exact) mass is 410 g/mol. The van der Waals surface area contributed by atoms with Crippen molar-refractivity contribution in [1.82, 2.24) is 0 Å². The standard InChI is InChI=1S/C8H20N.C2F6NO4S2/c1-5-7-9(3,4)8-6-2;3-1(4,5)14(10,11)9-15(12,13)2(6,7)8/h5-8H2,1-4H3;/q+1;-1. The highest BCUT2D eigenvalue weighted by Crippen LogP contribution is 2.36. The van der Waals surface area contributed by atoms with E-state index in [1.54, 1.807) is 0 Å². The molecule has 148 valence electrons. The summed E-state index contributed by atoms with van der Waals surface area (Å²) in [6.07, 6.45) is 2.60. The zero-order chi connectivity index (χ0) is 20.0. The minimum absolute atomic E-state index is 0.778. The average molecular weight is 410 g/mol. The van der Waals surface area contributed by atoms with E-state index in [2.05, 4.69) is 27.9 Å². The van der Waals surface area contributed by atoms with Crippen LogP contribution in [0.25, 0.3) is 4.13 Å². The van der Waals surface area contributed by atoms with E-state index in [1.165, 1.54) is 30.4 Å². The van der Waals surface area contributed by atoms with E-state index in [0.29, 0.717) is 0 Å². The molecule has 0 unspecified atom stereocenters. The van der Waals surface area contributed by atoms with E-state index in [0.717, 1.165) is 4.13 Å². The van der Waals surface area contributed by atoms with Gasteiger partial charge in [-0.2, -0.15) is 26.3 Å². The Balaban J connectivity index is 0. The van der Waals surface area contributed by atoms with Crippen LogP contribution in [0.5, 0.6) is 0 Å². The number of hydrogen-bond acceptors (Lipinski definition) is 4. The van der Waals surface area contributed by atoms with Gasteiger partial charge >= 0.3 is 11.0 Å². The summed E-state index contributed by atoms with van der Waals surface area (Å²) in [5.41, 5.74) is -12.4. The van der Waals surface area contributed by atoms with Gasteiger partial charge in [0.1, 0.15) is 0 Å². The molecular weight excluding hydrogens is 390 g/mol. The third kappa shape index (κ3) is 9.03. The summed E-state index contributed by atoms with van der Waals surface area (Å²) in [4.78, 5) is 0. The Morgan fingerprint density at radius 2 is 1.00 bits per heavy atom. The molecule has 0 aromatic heterocycles. The number of hydrogen-bond donors (Lipinski definition) is 0. The van der Waals surface area contributed by atoms with Crippen LogP contribution in [0.15, 0.2) is 0 Å². The van der Waals surface area contributed by atoms with Gasteiger partial charge < -0.3 is 8.61 Å². The van der Waals surface area contributed by atoms with Crippen molar-refractivity contribution in [2.75, 3.05) is 27.2 Å². The van der Waals surface area contributed by atoms with Gasteiger partial charge in [0.15, 0.2) is 20.0 Å². The van der Waals surface area contributed by atoms with E-state index in [9.17, 15) is 43.2 Å². The van der Waals surface area contributed by atoms with Gasteiger partial charge in [0.05, 0.1) is 27.2 Å². The summed E-state index contributed by atoms with van der Waals surface area (Å²) in [6, 6.07) is 0. The summed E-state index contributed by atoms with van der Waals surface area (Å²) in [7, 11) is -8.85. The first kappa shape index (κ1) is 25.6. The average Bonchev–Trinajstić information content (AvgIpc) is 2.24. The number of quaternary nitrogens is 1. The Hall–Kier alpha value is -0.600. The molecule has 0 saturated carbocycles. The second-order valence-electron chi connectivity index (χ2n) is 5.30. The zero-order valence-electron chi connectivity index (χ0n) is 13.4.